The quantitative estimate of drug-likeness (QED) is 0.0458. The number of carbonyl (C=O) groups is 3. The van der Waals surface area contributed by atoms with Crippen molar-refractivity contribution in [1.29, 1.82) is 0 Å². The fourth-order valence-corrected chi connectivity index (χ4v) is 7.27. The number of hydrogen-bond donors (Lipinski definition) is 3. The third-order valence-electron chi connectivity index (χ3n) is 11.2. The van der Waals surface area contributed by atoms with Gasteiger partial charge < -0.3 is 25.2 Å². The summed E-state index contributed by atoms with van der Waals surface area (Å²) in [5, 5.41) is 24.3. The van der Waals surface area contributed by atoms with Crippen molar-refractivity contribution in [3.8, 4) is 0 Å². The van der Waals surface area contributed by atoms with Crippen LogP contribution in [0.25, 0.3) is 0 Å². The Labute approximate surface area is 340 Å². The molecule has 56 heavy (non-hydrogen) atoms. The number of amides is 2. The summed E-state index contributed by atoms with van der Waals surface area (Å²) in [6.45, 7) is 13.0. The molecule has 0 heterocycles. The number of unbranched alkanes of at least 4 members (excludes halogenated alkanes) is 1. The molecule has 0 radical (unpaired) electrons. The molecule has 0 aromatic carbocycles. The molecule has 314 valence electrons. The molecule has 3 N–H and O–H groups in total. The summed E-state index contributed by atoms with van der Waals surface area (Å²) in [4.78, 5) is 39.8. The van der Waals surface area contributed by atoms with Crippen LogP contribution < -0.4 is 5.32 Å². The van der Waals surface area contributed by atoms with Crippen LogP contribution in [0.3, 0.4) is 0 Å². The van der Waals surface area contributed by atoms with Crippen molar-refractivity contribution in [3.63, 3.8) is 0 Å². The molecule has 2 rings (SSSR count). The first-order valence-electron chi connectivity index (χ1n) is 21.5. The van der Waals surface area contributed by atoms with Gasteiger partial charge in [0.15, 0.2) is 0 Å². The highest BCUT2D eigenvalue weighted by Gasteiger charge is 2.43. The second-order valence-corrected chi connectivity index (χ2v) is 16.6. The maximum absolute atomic E-state index is 13.1. The first-order valence-corrected chi connectivity index (χ1v) is 21.5. The minimum atomic E-state index is -0.972. The molecule has 8 nitrogen and oxygen atoms in total. The number of carbonyl (C=O) groups excluding carboxylic acids is 3. The number of aliphatic hydroxyl groups excluding tert-OH is 2. The first kappa shape index (κ1) is 48.7. The summed E-state index contributed by atoms with van der Waals surface area (Å²) < 4.78 is 6.21. The van der Waals surface area contributed by atoms with E-state index in [1.54, 1.807) is 11.9 Å². The Kier molecular flexibility index (Phi) is 23.6. The van der Waals surface area contributed by atoms with E-state index in [-0.39, 0.29) is 54.5 Å². The van der Waals surface area contributed by atoms with Crippen LogP contribution in [0.1, 0.15) is 131 Å². The van der Waals surface area contributed by atoms with E-state index in [4.69, 9.17) is 4.74 Å². The van der Waals surface area contributed by atoms with E-state index in [0.717, 1.165) is 57.8 Å². The third-order valence-corrected chi connectivity index (χ3v) is 11.2. The van der Waals surface area contributed by atoms with E-state index in [2.05, 4.69) is 105 Å². The number of nitrogens with one attached hydrogen (secondary N) is 1. The number of allylic oxidation sites excluding steroid dienone is 13. The van der Waals surface area contributed by atoms with Crippen LogP contribution in [0.15, 0.2) is 84.6 Å². The van der Waals surface area contributed by atoms with Gasteiger partial charge in [-0.2, -0.15) is 0 Å². The lowest BCUT2D eigenvalue weighted by atomic mass is 9.65. The van der Waals surface area contributed by atoms with Crippen molar-refractivity contribution in [2.45, 2.75) is 150 Å². The number of likely N-dealkylation sites (N-methyl/N-ethyl adjacent to an activating group) is 1. The summed E-state index contributed by atoms with van der Waals surface area (Å²) >= 11 is 0. The van der Waals surface area contributed by atoms with E-state index in [0.29, 0.717) is 38.3 Å². The SMILES string of the molecule is CC/C=C\C/C=C\C/C=C\C/C=C\C/C=C\CCCC(=O)N(C)CCNC(=O)C[C@H](O)C[C@@H](O)CC[C@@H]1C2C(=C[C@H](C)CC2OC(=O)C(C)(C)CC)C=C[C@@H]1C. The molecular formula is C48H76N2O6. The molecular weight excluding hydrogens is 701 g/mol. The molecule has 0 aliphatic heterocycles. The lowest BCUT2D eigenvalue weighted by Crippen LogP contribution is -2.43. The van der Waals surface area contributed by atoms with Crippen LogP contribution in [0, 0.1) is 29.1 Å². The normalized spacial score (nSPS) is 22.6. The number of ether oxygens (including phenoxy) is 1. The van der Waals surface area contributed by atoms with Gasteiger partial charge in [0.25, 0.3) is 0 Å². The first-order chi connectivity index (χ1) is 26.8. The van der Waals surface area contributed by atoms with Crippen LogP contribution in [0.5, 0.6) is 0 Å². The Morgan fingerprint density at radius 3 is 2.14 bits per heavy atom. The van der Waals surface area contributed by atoms with Gasteiger partial charge in [0.2, 0.25) is 11.8 Å². The van der Waals surface area contributed by atoms with Crippen LogP contribution >= 0.6 is 0 Å². The summed E-state index contributed by atoms with van der Waals surface area (Å²) in [7, 11) is 1.74. The van der Waals surface area contributed by atoms with E-state index in [1.165, 1.54) is 5.57 Å². The van der Waals surface area contributed by atoms with Gasteiger partial charge in [-0.25, -0.2) is 0 Å². The fourth-order valence-electron chi connectivity index (χ4n) is 7.27. The average Bonchev–Trinajstić information content (AvgIpc) is 3.15. The summed E-state index contributed by atoms with van der Waals surface area (Å²) in [6.07, 6.45) is 36.1. The molecule has 0 aromatic rings. The molecule has 0 fully saturated rings. The van der Waals surface area contributed by atoms with Crippen molar-refractivity contribution in [1.82, 2.24) is 10.2 Å². The summed E-state index contributed by atoms with van der Waals surface area (Å²) in [5.41, 5.74) is 0.666. The molecule has 0 bridgehead atoms. The molecule has 2 unspecified atom stereocenters. The second-order valence-electron chi connectivity index (χ2n) is 16.6. The van der Waals surface area contributed by atoms with Crippen molar-refractivity contribution < 1.29 is 29.3 Å². The standard InChI is InChI=1S/C48H76N2O6/c1-8-10-11-12-13-14-15-16-17-18-19-20-21-22-23-24-25-26-45(54)50(7)32-31-49-44(53)36-41(52)35-40(51)29-30-42-38(4)27-28-39-33-37(3)34-43(46(39)42)56-47(55)48(5,6)9-2/h10-11,13-14,16-17,19-20,22-23,27-28,33,37-38,40-43,46,51-52H,8-9,12,15,18,21,24-26,29-32,34-36H2,1-7H3,(H,49,53)/b11-10-,14-13-,17-16-,20-19-,23-22-/t37-,38-,40-,41+,42-,43?,46?/m0/s1. The summed E-state index contributed by atoms with van der Waals surface area (Å²) in [6, 6.07) is 0. The Hall–Kier alpha value is -3.49. The van der Waals surface area contributed by atoms with Gasteiger partial charge >= 0.3 is 5.97 Å². The average molecular weight is 777 g/mol. The maximum atomic E-state index is 13.1. The number of aliphatic hydroxyl groups is 2. The third kappa shape index (κ3) is 19.1. The minimum absolute atomic E-state index is 0.0390. The number of nitrogens with zero attached hydrogens (tertiary/aromatic N) is 1. The Bertz CT molecular complexity index is 1390. The van der Waals surface area contributed by atoms with Gasteiger partial charge in [0.05, 0.1) is 24.0 Å². The highest BCUT2D eigenvalue weighted by Crippen LogP contribution is 2.45. The monoisotopic (exact) mass is 777 g/mol. The number of rotatable bonds is 26. The highest BCUT2D eigenvalue weighted by molar-refractivity contribution is 5.77. The van der Waals surface area contributed by atoms with Gasteiger partial charge in [-0.1, -0.05) is 107 Å². The van der Waals surface area contributed by atoms with Gasteiger partial charge in [-0.15, -0.1) is 0 Å². The van der Waals surface area contributed by atoms with Gasteiger partial charge in [0, 0.05) is 32.5 Å². The molecule has 2 aliphatic rings. The predicted octanol–water partition coefficient (Wildman–Crippen LogP) is 9.52. The molecule has 2 amide bonds. The maximum Gasteiger partial charge on any atom is 0.311 e. The largest absolute Gasteiger partial charge is 0.461 e. The predicted molar refractivity (Wildman–Crippen MR) is 231 cm³/mol. The lowest BCUT2D eigenvalue weighted by molar-refractivity contribution is -0.164. The molecule has 8 heteroatoms. The molecule has 7 atom stereocenters. The smallest absolute Gasteiger partial charge is 0.311 e. The number of fused-ring (bicyclic) bond motifs is 1. The molecule has 0 spiro atoms. The molecule has 2 aliphatic carbocycles. The van der Waals surface area contributed by atoms with Crippen LogP contribution in [-0.4, -0.2) is 71.3 Å². The van der Waals surface area contributed by atoms with Crippen molar-refractivity contribution in [2.24, 2.45) is 29.1 Å². The number of esters is 1. The molecule has 0 saturated carbocycles. The zero-order valence-corrected chi connectivity index (χ0v) is 35.8. The zero-order chi connectivity index (χ0) is 41.3. The molecule has 0 aromatic heterocycles. The van der Waals surface area contributed by atoms with Crippen LogP contribution in [0.2, 0.25) is 0 Å². The topological polar surface area (TPSA) is 116 Å². The van der Waals surface area contributed by atoms with E-state index < -0.39 is 17.6 Å². The van der Waals surface area contributed by atoms with Crippen molar-refractivity contribution in [2.75, 3.05) is 20.1 Å². The minimum Gasteiger partial charge on any atom is -0.461 e. The zero-order valence-electron chi connectivity index (χ0n) is 35.8. The van der Waals surface area contributed by atoms with Crippen molar-refractivity contribution >= 4 is 17.8 Å². The van der Waals surface area contributed by atoms with Crippen molar-refractivity contribution in [3.05, 3.63) is 84.6 Å². The van der Waals surface area contributed by atoms with Gasteiger partial charge in [0.1, 0.15) is 6.10 Å². The lowest BCUT2D eigenvalue weighted by Gasteiger charge is -2.44. The van der Waals surface area contributed by atoms with Gasteiger partial charge in [-0.05, 0) is 114 Å². The fraction of sp³-hybridized carbons (Fsp3) is 0.646. The Morgan fingerprint density at radius 2 is 1.54 bits per heavy atom. The van der Waals surface area contributed by atoms with Gasteiger partial charge in [-0.3, -0.25) is 14.4 Å². The Balaban J connectivity index is 1.63. The second kappa shape index (κ2) is 27.2. The Morgan fingerprint density at radius 1 is 0.929 bits per heavy atom. The molecule has 0 saturated heterocycles. The van der Waals surface area contributed by atoms with E-state index >= 15 is 0 Å². The summed E-state index contributed by atoms with van der Waals surface area (Å²) in [5.74, 6) is 0.391. The van der Waals surface area contributed by atoms with Crippen LogP contribution in [-0.2, 0) is 19.1 Å². The number of hydrogen-bond acceptors (Lipinski definition) is 6. The van der Waals surface area contributed by atoms with Crippen LogP contribution in [0.4, 0.5) is 0 Å². The van der Waals surface area contributed by atoms with E-state index in [1.807, 2.05) is 20.8 Å². The van der Waals surface area contributed by atoms with E-state index in [9.17, 15) is 24.6 Å². The highest BCUT2D eigenvalue weighted by atomic mass is 16.5.